The van der Waals surface area contributed by atoms with E-state index in [0.717, 1.165) is 33.9 Å². The number of carbonyl (C=O) groups is 1. The van der Waals surface area contributed by atoms with Crippen molar-refractivity contribution in [2.75, 3.05) is 12.0 Å². The summed E-state index contributed by atoms with van der Waals surface area (Å²) in [5, 5.41) is 3.02. The molecule has 0 aliphatic carbocycles. The summed E-state index contributed by atoms with van der Waals surface area (Å²) in [7, 11) is 0. The molecule has 0 spiro atoms. The van der Waals surface area contributed by atoms with Gasteiger partial charge in [-0.25, -0.2) is 4.98 Å². The lowest BCUT2D eigenvalue weighted by atomic mass is 10.2. The summed E-state index contributed by atoms with van der Waals surface area (Å²) in [5.41, 5.74) is 3.15. The van der Waals surface area contributed by atoms with Crippen LogP contribution < -0.4 is 5.32 Å². The number of imidazole rings is 1. The molecule has 6 heteroatoms. The van der Waals surface area contributed by atoms with Gasteiger partial charge in [0.1, 0.15) is 5.82 Å². The Bertz CT molecular complexity index is 859. The van der Waals surface area contributed by atoms with Crippen LogP contribution in [0.3, 0.4) is 0 Å². The van der Waals surface area contributed by atoms with Gasteiger partial charge in [0.25, 0.3) is 0 Å². The molecule has 1 amide bonds. The van der Waals surface area contributed by atoms with Crippen molar-refractivity contribution < 1.29 is 4.79 Å². The van der Waals surface area contributed by atoms with E-state index >= 15 is 0 Å². The number of hydrogen-bond acceptors (Lipinski definition) is 4. The number of carbonyl (C=O) groups excluding carboxylic acids is 1. The van der Waals surface area contributed by atoms with Gasteiger partial charge < -0.3 is 10.3 Å². The second-order valence-corrected chi connectivity index (χ2v) is 8.95. The van der Waals surface area contributed by atoms with E-state index in [-0.39, 0.29) is 17.2 Å². The summed E-state index contributed by atoms with van der Waals surface area (Å²) in [6.45, 7) is 4.01. The van der Waals surface area contributed by atoms with Gasteiger partial charge in [-0.3, -0.25) is 4.79 Å². The number of aromatic amines is 1. The maximum atomic E-state index is 12.8. The molecule has 3 aromatic rings. The van der Waals surface area contributed by atoms with Crippen LogP contribution in [0.2, 0.25) is 0 Å². The van der Waals surface area contributed by atoms with Crippen molar-refractivity contribution in [3.63, 3.8) is 0 Å². The Balaban J connectivity index is 1.70. The third-order valence-corrected chi connectivity index (χ3v) is 6.12. The van der Waals surface area contributed by atoms with Crippen molar-refractivity contribution in [2.45, 2.75) is 36.5 Å². The standard InChI is InChI=1S/C21H25N3OS2/c1-14-8-10-16(11-9-14)27-15(2)21(25)24-19(12-13-26-3)20-22-17-6-4-5-7-18(17)23-20/h4-11,15,19H,12-13H2,1-3H3,(H,22,23)(H,24,25)/t15-,19-/m0/s1. The van der Waals surface area contributed by atoms with E-state index in [1.807, 2.05) is 31.2 Å². The van der Waals surface area contributed by atoms with E-state index < -0.39 is 0 Å². The fraction of sp³-hybridized carbons (Fsp3) is 0.333. The van der Waals surface area contributed by atoms with Gasteiger partial charge in [0.2, 0.25) is 5.91 Å². The summed E-state index contributed by atoms with van der Waals surface area (Å²) in [6.07, 6.45) is 2.92. The lowest BCUT2D eigenvalue weighted by Gasteiger charge is -2.19. The predicted octanol–water partition coefficient (Wildman–Crippen LogP) is 4.96. The molecule has 2 N–H and O–H groups in total. The van der Waals surface area contributed by atoms with Crippen molar-refractivity contribution in [3.8, 4) is 0 Å². The summed E-state index contributed by atoms with van der Waals surface area (Å²) in [6, 6.07) is 16.1. The summed E-state index contributed by atoms with van der Waals surface area (Å²) >= 11 is 3.35. The van der Waals surface area contributed by atoms with Gasteiger partial charge in [0, 0.05) is 4.90 Å². The zero-order valence-corrected chi connectivity index (χ0v) is 17.5. The van der Waals surface area contributed by atoms with E-state index in [9.17, 15) is 4.79 Å². The number of aryl methyl sites for hydroxylation is 1. The first-order valence-electron chi connectivity index (χ1n) is 9.04. The van der Waals surface area contributed by atoms with Crippen LogP contribution in [0.4, 0.5) is 0 Å². The minimum absolute atomic E-state index is 0.0344. The quantitative estimate of drug-likeness (QED) is 0.526. The highest BCUT2D eigenvalue weighted by atomic mass is 32.2. The average Bonchev–Trinajstić information content (AvgIpc) is 3.10. The molecule has 142 valence electrons. The lowest BCUT2D eigenvalue weighted by molar-refractivity contribution is -0.121. The highest BCUT2D eigenvalue weighted by Gasteiger charge is 2.22. The Morgan fingerprint density at radius 3 is 2.63 bits per heavy atom. The van der Waals surface area contributed by atoms with Crippen molar-refractivity contribution in [1.29, 1.82) is 0 Å². The number of H-pyrrole nitrogens is 1. The molecule has 0 bridgehead atoms. The summed E-state index contributed by atoms with van der Waals surface area (Å²) < 4.78 is 0. The monoisotopic (exact) mass is 399 g/mol. The SMILES string of the molecule is CSCC[C@H](NC(=O)[C@H](C)Sc1ccc(C)cc1)c1nc2ccccc2[nH]1. The second kappa shape index (κ2) is 9.33. The lowest BCUT2D eigenvalue weighted by Crippen LogP contribution is -2.35. The largest absolute Gasteiger partial charge is 0.345 e. The zero-order chi connectivity index (χ0) is 19.2. The van der Waals surface area contributed by atoms with Crippen LogP contribution in [0.15, 0.2) is 53.4 Å². The van der Waals surface area contributed by atoms with E-state index in [1.165, 1.54) is 5.56 Å². The second-order valence-electron chi connectivity index (χ2n) is 6.55. The van der Waals surface area contributed by atoms with E-state index in [2.05, 4.69) is 52.7 Å². The van der Waals surface area contributed by atoms with Crippen LogP contribution in [0.5, 0.6) is 0 Å². The van der Waals surface area contributed by atoms with Gasteiger partial charge >= 0.3 is 0 Å². The Hall–Kier alpha value is -1.92. The van der Waals surface area contributed by atoms with Crippen molar-refractivity contribution in [1.82, 2.24) is 15.3 Å². The topological polar surface area (TPSA) is 57.8 Å². The zero-order valence-electron chi connectivity index (χ0n) is 15.9. The van der Waals surface area contributed by atoms with Crippen molar-refractivity contribution in [2.24, 2.45) is 0 Å². The van der Waals surface area contributed by atoms with Gasteiger partial charge in [0.15, 0.2) is 0 Å². The number of thioether (sulfide) groups is 2. The first-order chi connectivity index (χ1) is 13.1. The minimum Gasteiger partial charge on any atom is -0.345 e. The molecule has 0 saturated heterocycles. The van der Waals surface area contributed by atoms with Crippen LogP contribution in [-0.4, -0.2) is 33.1 Å². The maximum Gasteiger partial charge on any atom is 0.233 e. The Labute approximate surface area is 168 Å². The summed E-state index contributed by atoms with van der Waals surface area (Å²) in [4.78, 5) is 21.9. The van der Waals surface area contributed by atoms with E-state index in [4.69, 9.17) is 0 Å². The smallest absolute Gasteiger partial charge is 0.233 e. The van der Waals surface area contributed by atoms with Crippen LogP contribution in [0, 0.1) is 6.92 Å². The third kappa shape index (κ3) is 5.30. The molecule has 0 aliphatic rings. The minimum atomic E-state index is -0.172. The molecule has 1 heterocycles. The number of para-hydroxylation sites is 2. The molecule has 2 aromatic carbocycles. The van der Waals surface area contributed by atoms with Gasteiger partial charge in [-0.05, 0) is 56.5 Å². The highest BCUT2D eigenvalue weighted by Crippen LogP contribution is 2.25. The molecule has 0 unspecified atom stereocenters. The molecule has 0 radical (unpaired) electrons. The van der Waals surface area contributed by atoms with Gasteiger partial charge in [-0.2, -0.15) is 11.8 Å². The number of nitrogens with one attached hydrogen (secondary N) is 2. The maximum absolute atomic E-state index is 12.8. The molecule has 0 fully saturated rings. The Kier molecular flexibility index (Phi) is 6.85. The van der Waals surface area contributed by atoms with Crippen LogP contribution in [0.1, 0.15) is 30.8 Å². The number of rotatable bonds is 8. The molecular formula is C21H25N3OS2. The molecule has 0 saturated carbocycles. The first kappa shape index (κ1) is 19.8. The average molecular weight is 400 g/mol. The number of hydrogen-bond donors (Lipinski definition) is 2. The summed E-state index contributed by atoms with van der Waals surface area (Å²) in [5.74, 6) is 1.82. The Morgan fingerprint density at radius 2 is 1.93 bits per heavy atom. The van der Waals surface area contributed by atoms with Crippen molar-refractivity contribution in [3.05, 3.63) is 59.9 Å². The highest BCUT2D eigenvalue weighted by molar-refractivity contribution is 8.00. The Morgan fingerprint density at radius 1 is 1.19 bits per heavy atom. The fourth-order valence-corrected chi connectivity index (χ4v) is 4.16. The number of aromatic nitrogens is 2. The van der Waals surface area contributed by atoms with Crippen LogP contribution in [-0.2, 0) is 4.79 Å². The molecule has 0 aliphatic heterocycles. The molecule has 2 atom stereocenters. The molecule has 1 aromatic heterocycles. The molecule has 4 nitrogen and oxygen atoms in total. The van der Waals surface area contributed by atoms with Gasteiger partial charge in [-0.1, -0.05) is 29.8 Å². The number of fused-ring (bicyclic) bond motifs is 1. The number of amides is 1. The van der Waals surface area contributed by atoms with Crippen LogP contribution >= 0.6 is 23.5 Å². The molecule has 3 rings (SSSR count). The fourth-order valence-electron chi connectivity index (χ4n) is 2.81. The van der Waals surface area contributed by atoms with Gasteiger partial charge in [0.05, 0.1) is 22.3 Å². The first-order valence-corrected chi connectivity index (χ1v) is 11.3. The van der Waals surface area contributed by atoms with E-state index in [0.29, 0.717) is 0 Å². The number of nitrogens with zero attached hydrogens (tertiary/aromatic N) is 1. The molecule has 27 heavy (non-hydrogen) atoms. The third-order valence-electron chi connectivity index (χ3n) is 4.37. The van der Waals surface area contributed by atoms with Gasteiger partial charge in [-0.15, -0.1) is 11.8 Å². The predicted molar refractivity (Wildman–Crippen MR) is 116 cm³/mol. The van der Waals surface area contributed by atoms with E-state index in [1.54, 1.807) is 23.5 Å². The van der Waals surface area contributed by atoms with Crippen LogP contribution in [0.25, 0.3) is 11.0 Å². The molecular weight excluding hydrogens is 374 g/mol. The normalized spacial score (nSPS) is 13.4. The van der Waals surface area contributed by atoms with Crippen molar-refractivity contribution >= 4 is 40.5 Å². The number of benzene rings is 2.